The lowest BCUT2D eigenvalue weighted by Crippen LogP contribution is -2.48. The Balaban J connectivity index is 1.80. The topological polar surface area (TPSA) is 65.2 Å². The monoisotopic (exact) mass is 367 g/mol. The first-order valence-electron chi connectivity index (χ1n) is 8.42. The zero-order chi connectivity index (χ0) is 19.1. The van der Waals surface area contributed by atoms with E-state index in [1.807, 2.05) is 19.2 Å². The molecule has 2 N–H and O–H groups in total. The molecule has 0 bridgehead atoms. The Morgan fingerprint density at radius 3 is 2.73 bits per heavy atom. The molecule has 3 rings (SSSR count). The van der Waals surface area contributed by atoms with Gasteiger partial charge in [0.25, 0.3) is 5.91 Å². The van der Waals surface area contributed by atoms with Crippen molar-refractivity contribution in [2.75, 3.05) is 13.1 Å². The molecule has 0 aliphatic carbocycles. The number of amides is 2. The molecular formula is C18H20F3N3O2. The summed E-state index contributed by atoms with van der Waals surface area (Å²) in [5.74, 6) is -1.10. The number of carbonyl (C=O) groups is 2. The van der Waals surface area contributed by atoms with Gasteiger partial charge in [-0.25, -0.2) is 0 Å². The zero-order valence-corrected chi connectivity index (χ0v) is 14.5. The minimum atomic E-state index is -4.47. The fraction of sp³-hybridized carbons (Fsp3) is 0.444. The highest BCUT2D eigenvalue weighted by molar-refractivity contribution is 6.01. The molecule has 0 radical (unpaired) electrons. The van der Waals surface area contributed by atoms with Gasteiger partial charge in [0.1, 0.15) is 12.6 Å². The summed E-state index contributed by atoms with van der Waals surface area (Å²) in [4.78, 5) is 29.5. The van der Waals surface area contributed by atoms with Gasteiger partial charge in [-0.15, -0.1) is 0 Å². The molecule has 2 aromatic rings. The van der Waals surface area contributed by atoms with Crippen molar-refractivity contribution >= 4 is 22.7 Å². The van der Waals surface area contributed by atoms with Gasteiger partial charge in [-0.3, -0.25) is 9.59 Å². The van der Waals surface area contributed by atoms with Crippen molar-refractivity contribution in [1.82, 2.24) is 15.2 Å². The van der Waals surface area contributed by atoms with E-state index in [0.717, 1.165) is 22.2 Å². The molecule has 26 heavy (non-hydrogen) atoms. The molecule has 0 unspecified atom stereocenters. The molecule has 1 aliphatic rings. The van der Waals surface area contributed by atoms with Crippen molar-refractivity contribution in [3.63, 3.8) is 0 Å². The Hall–Kier alpha value is -2.51. The fourth-order valence-corrected chi connectivity index (χ4v) is 3.35. The predicted octanol–water partition coefficient (Wildman–Crippen LogP) is 3.07. The minimum Gasteiger partial charge on any atom is -0.358 e. The van der Waals surface area contributed by atoms with Crippen molar-refractivity contribution in [3.05, 3.63) is 35.0 Å². The van der Waals surface area contributed by atoms with Crippen LogP contribution in [-0.4, -0.2) is 47.0 Å². The molecule has 1 aliphatic heterocycles. The molecule has 5 nitrogen and oxygen atoms in total. The maximum atomic E-state index is 12.8. The Labute approximate surface area is 148 Å². The number of H-pyrrole nitrogens is 1. The number of halogens is 3. The summed E-state index contributed by atoms with van der Waals surface area (Å²) in [6, 6.07) is 4.37. The number of hydrogen-bond acceptors (Lipinski definition) is 2. The standard InChI is InChI=1S/C18H20F3N3O2/c1-10-11(2)23-14-6-5-12(8-13(10)14)17(26)24-7-3-4-15(24)16(25)22-9-18(19,20)21/h5-6,8,15,23H,3-4,7,9H2,1-2H3,(H,22,25)/t15-/m1/s1. The van der Waals surface area contributed by atoms with E-state index in [-0.39, 0.29) is 5.91 Å². The number of nitrogens with one attached hydrogen (secondary N) is 2. The number of aryl methyl sites for hydroxylation is 2. The van der Waals surface area contributed by atoms with Gasteiger partial charge in [-0.2, -0.15) is 13.2 Å². The number of alkyl halides is 3. The smallest absolute Gasteiger partial charge is 0.358 e. The molecule has 0 spiro atoms. The number of benzene rings is 1. The van der Waals surface area contributed by atoms with Crippen LogP contribution in [-0.2, 0) is 4.79 Å². The predicted molar refractivity (Wildman–Crippen MR) is 90.9 cm³/mol. The number of likely N-dealkylation sites (tertiary alicyclic amines) is 1. The van der Waals surface area contributed by atoms with E-state index in [9.17, 15) is 22.8 Å². The van der Waals surface area contributed by atoms with Crippen molar-refractivity contribution in [2.24, 2.45) is 0 Å². The number of fused-ring (bicyclic) bond motifs is 1. The number of rotatable bonds is 3. The third-order valence-electron chi connectivity index (χ3n) is 4.83. The van der Waals surface area contributed by atoms with E-state index in [0.29, 0.717) is 24.9 Å². The van der Waals surface area contributed by atoms with Crippen LogP contribution >= 0.6 is 0 Å². The van der Waals surface area contributed by atoms with E-state index < -0.39 is 24.7 Å². The summed E-state index contributed by atoms with van der Waals surface area (Å²) < 4.78 is 36.9. The number of carbonyl (C=O) groups excluding carboxylic acids is 2. The molecule has 1 saturated heterocycles. The van der Waals surface area contributed by atoms with Crippen LogP contribution in [0.3, 0.4) is 0 Å². The van der Waals surface area contributed by atoms with Crippen LogP contribution in [0.25, 0.3) is 10.9 Å². The van der Waals surface area contributed by atoms with Gasteiger partial charge in [0, 0.05) is 28.7 Å². The first-order valence-corrected chi connectivity index (χ1v) is 8.42. The molecule has 8 heteroatoms. The van der Waals surface area contributed by atoms with Crippen LogP contribution in [0.1, 0.15) is 34.5 Å². The highest BCUT2D eigenvalue weighted by Gasteiger charge is 2.36. The second kappa shape index (κ2) is 6.66. The van der Waals surface area contributed by atoms with Crippen LogP contribution in [0.5, 0.6) is 0 Å². The van der Waals surface area contributed by atoms with E-state index in [1.54, 1.807) is 18.2 Å². The van der Waals surface area contributed by atoms with Crippen LogP contribution in [0.15, 0.2) is 18.2 Å². The van der Waals surface area contributed by atoms with Crippen molar-refractivity contribution in [3.8, 4) is 0 Å². The van der Waals surface area contributed by atoms with Crippen molar-refractivity contribution in [2.45, 2.75) is 38.9 Å². The average Bonchev–Trinajstić information content (AvgIpc) is 3.17. The van der Waals surface area contributed by atoms with E-state index in [1.165, 1.54) is 4.90 Å². The highest BCUT2D eigenvalue weighted by atomic mass is 19.4. The van der Waals surface area contributed by atoms with E-state index in [2.05, 4.69) is 4.98 Å². The van der Waals surface area contributed by atoms with Crippen LogP contribution in [0.2, 0.25) is 0 Å². The highest BCUT2D eigenvalue weighted by Crippen LogP contribution is 2.25. The molecule has 0 saturated carbocycles. The Morgan fingerprint density at radius 1 is 1.31 bits per heavy atom. The quantitative estimate of drug-likeness (QED) is 0.876. The Kier molecular flexibility index (Phi) is 4.68. The maximum absolute atomic E-state index is 12.8. The lowest BCUT2D eigenvalue weighted by molar-refractivity contribution is -0.140. The number of aromatic amines is 1. The van der Waals surface area contributed by atoms with E-state index >= 15 is 0 Å². The maximum Gasteiger partial charge on any atom is 0.405 e. The molecule has 1 aromatic heterocycles. The van der Waals surface area contributed by atoms with Crippen LogP contribution in [0, 0.1) is 13.8 Å². The second-order valence-corrected chi connectivity index (χ2v) is 6.62. The molecular weight excluding hydrogens is 347 g/mol. The molecule has 1 aromatic carbocycles. The summed E-state index contributed by atoms with van der Waals surface area (Å²) in [5.41, 5.74) is 3.39. The Morgan fingerprint density at radius 2 is 2.04 bits per heavy atom. The van der Waals surface area contributed by atoms with Gasteiger partial charge in [-0.05, 0) is 50.5 Å². The summed E-state index contributed by atoms with van der Waals surface area (Å²) in [7, 11) is 0. The molecule has 2 amide bonds. The third kappa shape index (κ3) is 3.54. The number of aromatic nitrogens is 1. The van der Waals surface area contributed by atoms with Crippen LogP contribution < -0.4 is 5.32 Å². The molecule has 1 fully saturated rings. The van der Waals surface area contributed by atoms with Gasteiger partial charge in [0.2, 0.25) is 5.91 Å². The lowest BCUT2D eigenvalue weighted by atomic mass is 10.1. The molecule has 140 valence electrons. The minimum absolute atomic E-state index is 0.338. The fourth-order valence-electron chi connectivity index (χ4n) is 3.35. The molecule has 1 atom stereocenters. The van der Waals surface area contributed by atoms with Gasteiger partial charge in [-0.1, -0.05) is 0 Å². The normalized spacial score (nSPS) is 17.7. The SMILES string of the molecule is Cc1[nH]c2ccc(C(=O)N3CCC[C@@H]3C(=O)NCC(F)(F)F)cc2c1C. The first-order chi connectivity index (χ1) is 12.2. The third-order valence-corrected chi connectivity index (χ3v) is 4.83. The van der Waals surface area contributed by atoms with Gasteiger partial charge < -0.3 is 15.2 Å². The molecule has 2 heterocycles. The van der Waals surface area contributed by atoms with Gasteiger partial charge in [0.15, 0.2) is 0 Å². The largest absolute Gasteiger partial charge is 0.405 e. The summed E-state index contributed by atoms with van der Waals surface area (Å²) >= 11 is 0. The van der Waals surface area contributed by atoms with Crippen molar-refractivity contribution in [1.29, 1.82) is 0 Å². The summed E-state index contributed by atoms with van der Waals surface area (Å²) in [5, 5.41) is 2.80. The van der Waals surface area contributed by atoms with Gasteiger partial charge in [0.05, 0.1) is 0 Å². The van der Waals surface area contributed by atoms with Crippen molar-refractivity contribution < 1.29 is 22.8 Å². The average molecular weight is 367 g/mol. The zero-order valence-electron chi connectivity index (χ0n) is 14.5. The summed E-state index contributed by atoms with van der Waals surface area (Å²) in [6.45, 7) is 2.86. The summed E-state index contributed by atoms with van der Waals surface area (Å²) in [6.07, 6.45) is -3.53. The van der Waals surface area contributed by atoms with Gasteiger partial charge >= 0.3 is 6.18 Å². The number of nitrogens with zero attached hydrogens (tertiary/aromatic N) is 1. The second-order valence-electron chi connectivity index (χ2n) is 6.62. The number of hydrogen-bond donors (Lipinski definition) is 2. The van der Waals surface area contributed by atoms with Crippen LogP contribution in [0.4, 0.5) is 13.2 Å². The van der Waals surface area contributed by atoms with E-state index in [4.69, 9.17) is 0 Å². The Bertz CT molecular complexity index is 857. The first kappa shape index (κ1) is 18.3. The lowest BCUT2D eigenvalue weighted by Gasteiger charge is -2.24.